The Morgan fingerprint density at radius 2 is 2.42 bits per heavy atom. The van der Waals surface area contributed by atoms with Crippen LogP contribution in [0, 0.1) is 0 Å². The molecule has 12 heavy (non-hydrogen) atoms. The quantitative estimate of drug-likeness (QED) is 0.527. The molecule has 5 nitrogen and oxygen atoms in total. The van der Waals surface area contributed by atoms with Crippen LogP contribution in [0.4, 0.5) is 14.6 Å². The van der Waals surface area contributed by atoms with Crippen molar-refractivity contribution in [2.45, 2.75) is 6.55 Å². The van der Waals surface area contributed by atoms with Gasteiger partial charge in [-0.1, -0.05) is 0 Å². The van der Waals surface area contributed by atoms with E-state index in [2.05, 4.69) is 31.0 Å². The first kappa shape index (κ1) is 9.08. The third-order valence-corrected chi connectivity index (χ3v) is 1.50. The van der Waals surface area contributed by atoms with E-state index in [0.29, 0.717) is 4.90 Å². The monoisotopic (exact) mass is 241 g/mol. The summed E-state index contributed by atoms with van der Waals surface area (Å²) in [5, 5.41) is 8.95. The number of H-pyrrole nitrogens is 1. The number of hydrogen-bond donors (Lipinski definition) is 2. The summed E-state index contributed by atoms with van der Waals surface area (Å²) in [6.45, 7) is -2.74. The summed E-state index contributed by atoms with van der Waals surface area (Å²) in [7, 11) is 0. The van der Waals surface area contributed by atoms with Crippen molar-refractivity contribution in [1.82, 2.24) is 15.4 Å². The second kappa shape index (κ2) is 3.59. The van der Waals surface area contributed by atoms with Gasteiger partial charge in [0, 0.05) is 0 Å². The second-order valence-corrected chi connectivity index (χ2v) is 2.70. The number of aromatic amines is 1. The zero-order valence-electron chi connectivity index (χ0n) is 5.74. The molecule has 0 unspecified atom stereocenters. The molecule has 1 rings (SSSR count). The third kappa shape index (κ3) is 1.77. The zero-order chi connectivity index (χ0) is 9.14. The standard InChI is InChI=1S/C4H5F2N5Se/c5-3(6)11(4(7)12)2-1-8-10-9-2/h1,3H,(H2,7,12)(H,8,9,10). The molecule has 66 valence electrons. The molecule has 8 heteroatoms. The number of alkyl halides is 2. The van der Waals surface area contributed by atoms with Crippen molar-refractivity contribution in [2.75, 3.05) is 4.90 Å². The van der Waals surface area contributed by atoms with Gasteiger partial charge in [0.15, 0.2) is 0 Å². The van der Waals surface area contributed by atoms with Gasteiger partial charge in [0.25, 0.3) is 0 Å². The van der Waals surface area contributed by atoms with Gasteiger partial charge in [0.1, 0.15) is 0 Å². The summed E-state index contributed by atoms with van der Waals surface area (Å²) in [5.41, 5.74) is 5.15. The molecule has 1 heterocycles. The Hall–Kier alpha value is -1.01. The van der Waals surface area contributed by atoms with Crippen molar-refractivity contribution in [3.63, 3.8) is 0 Å². The molecule has 0 radical (unpaired) electrons. The summed E-state index contributed by atoms with van der Waals surface area (Å²) in [5.74, 6) is -0.0266. The van der Waals surface area contributed by atoms with Gasteiger partial charge in [0.05, 0.1) is 0 Å². The van der Waals surface area contributed by atoms with Gasteiger partial charge in [-0.2, -0.15) is 0 Å². The van der Waals surface area contributed by atoms with Crippen molar-refractivity contribution in [3.05, 3.63) is 6.20 Å². The van der Waals surface area contributed by atoms with Gasteiger partial charge in [0.2, 0.25) is 0 Å². The average Bonchev–Trinajstić information content (AvgIpc) is 2.37. The Morgan fingerprint density at radius 3 is 2.75 bits per heavy atom. The van der Waals surface area contributed by atoms with E-state index in [1.54, 1.807) is 0 Å². The number of nitrogens with two attached hydrogens (primary N) is 1. The third-order valence-electron chi connectivity index (χ3n) is 1.08. The summed E-state index contributed by atoms with van der Waals surface area (Å²) < 4.78 is 24.3. The summed E-state index contributed by atoms with van der Waals surface area (Å²) >= 11 is 2.27. The van der Waals surface area contributed by atoms with Crippen LogP contribution in [0.15, 0.2) is 6.20 Å². The van der Waals surface area contributed by atoms with Gasteiger partial charge in [-0.25, -0.2) is 0 Å². The van der Waals surface area contributed by atoms with Crippen LogP contribution < -0.4 is 10.6 Å². The number of rotatable bonds is 3. The summed E-state index contributed by atoms with van der Waals surface area (Å²) in [6.07, 6.45) is 1.22. The molecule has 0 aliphatic heterocycles. The Balaban J connectivity index is 2.88. The molecular weight excluding hydrogens is 235 g/mol. The molecule has 0 amide bonds. The predicted octanol–water partition coefficient (Wildman–Crippen LogP) is -0.952. The van der Waals surface area contributed by atoms with Crippen LogP contribution in [0.3, 0.4) is 0 Å². The number of nitrogens with zero attached hydrogens (tertiary/aromatic N) is 3. The molecule has 0 aromatic carbocycles. The van der Waals surface area contributed by atoms with Crippen molar-refractivity contribution in [3.8, 4) is 0 Å². The first-order valence-corrected chi connectivity index (χ1v) is 3.72. The van der Waals surface area contributed by atoms with Crippen LogP contribution >= 0.6 is 0 Å². The average molecular weight is 240 g/mol. The molecule has 0 saturated carbocycles. The molecule has 0 saturated heterocycles. The van der Waals surface area contributed by atoms with Crippen LogP contribution in [-0.2, 0) is 0 Å². The van der Waals surface area contributed by atoms with Crippen LogP contribution in [-0.4, -0.2) is 42.2 Å². The molecule has 1 aromatic rings. The number of hydrogen-bond acceptors (Lipinski definition) is 4. The minimum absolute atomic E-state index is 0.0266. The van der Waals surface area contributed by atoms with E-state index < -0.39 is 6.55 Å². The van der Waals surface area contributed by atoms with Crippen LogP contribution in [0.1, 0.15) is 0 Å². The zero-order valence-corrected chi connectivity index (χ0v) is 7.45. The Kier molecular flexibility index (Phi) is 2.72. The number of aromatic nitrogens is 3. The number of anilines is 1. The van der Waals surface area contributed by atoms with Crippen LogP contribution in [0.25, 0.3) is 0 Å². The molecule has 0 spiro atoms. The molecule has 3 N–H and O–H groups in total. The maximum absolute atomic E-state index is 12.2. The van der Waals surface area contributed by atoms with Crippen molar-refractivity contribution in [2.24, 2.45) is 5.73 Å². The SMILES string of the molecule is NC(=[Se])N(c1c[nH]nn1)C(F)F. The fourth-order valence-electron chi connectivity index (χ4n) is 0.622. The van der Waals surface area contributed by atoms with E-state index in [-0.39, 0.29) is 10.5 Å². The topological polar surface area (TPSA) is 70.8 Å². The van der Waals surface area contributed by atoms with E-state index in [1.165, 1.54) is 6.20 Å². The van der Waals surface area contributed by atoms with Gasteiger partial charge >= 0.3 is 73.6 Å². The van der Waals surface area contributed by atoms with E-state index in [0.717, 1.165) is 0 Å². The normalized spacial score (nSPS) is 10.2. The first-order valence-electron chi connectivity index (χ1n) is 2.86. The molecular formula is C4H5F2N5Se. The molecule has 0 bridgehead atoms. The van der Waals surface area contributed by atoms with E-state index >= 15 is 0 Å². The van der Waals surface area contributed by atoms with Crippen LogP contribution in [0.2, 0.25) is 0 Å². The number of halogens is 2. The van der Waals surface area contributed by atoms with Crippen molar-refractivity contribution >= 4 is 26.1 Å². The first-order chi connectivity index (χ1) is 5.63. The Labute approximate surface area is 74.3 Å². The molecule has 0 atom stereocenters. The minimum atomic E-state index is -2.74. The van der Waals surface area contributed by atoms with Gasteiger partial charge < -0.3 is 0 Å². The van der Waals surface area contributed by atoms with Gasteiger partial charge in [-0.3, -0.25) is 0 Å². The van der Waals surface area contributed by atoms with E-state index in [4.69, 9.17) is 5.73 Å². The van der Waals surface area contributed by atoms with Crippen LogP contribution in [0.5, 0.6) is 0 Å². The van der Waals surface area contributed by atoms with E-state index in [1.807, 2.05) is 0 Å². The summed E-state index contributed by atoms with van der Waals surface area (Å²) in [6, 6.07) is 0. The molecule has 0 aliphatic rings. The fourth-order valence-corrected chi connectivity index (χ4v) is 0.986. The maximum atomic E-state index is 12.2. The van der Waals surface area contributed by atoms with Gasteiger partial charge in [-0.15, -0.1) is 0 Å². The fraction of sp³-hybridized carbons (Fsp3) is 0.250. The molecule has 0 aliphatic carbocycles. The number of nitrogens with one attached hydrogen (secondary N) is 1. The van der Waals surface area contributed by atoms with Gasteiger partial charge in [-0.05, 0) is 0 Å². The Bertz CT molecular complexity index is 260. The predicted molar refractivity (Wildman–Crippen MR) is 39.8 cm³/mol. The van der Waals surface area contributed by atoms with E-state index in [9.17, 15) is 8.78 Å². The molecule has 0 fully saturated rings. The van der Waals surface area contributed by atoms with Crippen molar-refractivity contribution in [1.29, 1.82) is 0 Å². The second-order valence-electron chi connectivity index (χ2n) is 1.82. The summed E-state index contributed by atoms with van der Waals surface area (Å²) in [4.78, 5) is 0.517. The molecule has 1 aromatic heterocycles. The Morgan fingerprint density at radius 1 is 1.75 bits per heavy atom. The van der Waals surface area contributed by atoms with Crippen molar-refractivity contribution < 1.29 is 8.78 Å².